The normalized spacial score (nSPS) is 12.2. The molecule has 26 heavy (non-hydrogen) atoms. The Morgan fingerprint density at radius 1 is 1.31 bits per heavy atom. The molecule has 2 aromatic heterocycles. The molecule has 2 heterocycles. The number of anilines is 1. The molecule has 9 heteroatoms. The third-order valence-corrected chi connectivity index (χ3v) is 4.48. The summed E-state index contributed by atoms with van der Waals surface area (Å²) in [6.07, 6.45) is 4.94. The molecule has 6 nitrogen and oxygen atoms in total. The van der Waals surface area contributed by atoms with Gasteiger partial charge in [0.25, 0.3) is 0 Å². The summed E-state index contributed by atoms with van der Waals surface area (Å²) in [5.74, 6) is -0.554. The van der Waals surface area contributed by atoms with E-state index >= 15 is 0 Å². The highest BCUT2D eigenvalue weighted by Crippen LogP contribution is 2.24. The molecular formula is C17H16Cl2FN5O. The SMILES string of the molecule is Cc1cnn(C(C)C(=O)Nc2nn(Cc3c(F)cccc3Cl)cc2Cl)c1. The number of benzene rings is 1. The first-order valence-corrected chi connectivity index (χ1v) is 8.58. The van der Waals surface area contributed by atoms with Crippen LogP contribution in [0.4, 0.5) is 10.2 Å². The smallest absolute Gasteiger partial charge is 0.250 e. The van der Waals surface area contributed by atoms with Crippen LogP contribution in [-0.4, -0.2) is 25.5 Å². The molecule has 0 bridgehead atoms. The maximum atomic E-state index is 13.9. The second-order valence-corrected chi connectivity index (χ2v) is 6.70. The Kier molecular flexibility index (Phi) is 5.29. The zero-order valence-electron chi connectivity index (χ0n) is 14.1. The maximum Gasteiger partial charge on any atom is 0.250 e. The monoisotopic (exact) mass is 395 g/mol. The summed E-state index contributed by atoms with van der Waals surface area (Å²) in [5.41, 5.74) is 1.25. The van der Waals surface area contributed by atoms with Gasteiger partial charge >= 0.3 is 0 Å². The average Bonchev–Trinajstić information content (AvgIpc) is 3.16. The highest BCUT2D eigenvalue weighted by molar-refractivity contribution is 6.33. The van der Waals surface area contributed by atoms with Gasteiger partial charge in [-0.15, -0.1) is 0 Å². The van der Waals surface area contributed by atoms with E-state index in [2.05, 4.69) is 15.5 Å². The number of carbonyl (C=O) groups is 1. The predicted octanol–water partition coefficient (Wildman–Crippen LogP) is 4.08. The molecular weight excluding hydrogens is 380 g/mol. The molecule has 0 spiro atoms. The minimum atomic E-state index is -0.536. The van der Waals surface area contributed by atoms with Gasteiger partial charge in [0.15, 0.2) is 5.82 Å². The van der Waals surface area contributed by atoms with Gasteiger partial charge in [0.05, 0.1) is 12.7 Å². The van der Waals surface area contributed by atoms with Gasteiger partial charge < -0.3 is 5.32 Å². The number of rotatable bonds is 5. The van der Waals surface area contributed by atoms with Crippen molar-refractivity contribution >= 4 is 34.9 Å². The number of aryl methyl sites for hydroxylation is 1. The number of carbonyl (C=O) groups excluding carboxylic acids is 1. The number of hydrogen-bond acceptors (Lipinski definition) is 3. The van der Waals surface area contributed by atoms with Crippen LogP contribution in [0, 0.1) is 12.7 Å². The number of amides is 1. The van der Waals surface area contributed by atoms with Gasteiger partial charge in [0.2, 0.25) is 5.91 Å². The summed E-state index contributed by atoms with van der Waals surface area (Å²) >= 11 is 12.2. The summed E-state index contributed by atoms with van der Waals surface area (Å²) in [7, 11) is 0. The van der Waals surface area contributed by atoms with Crippen LogP contribution >= 0.6 is 23.2 Å². The largest absolute Gasteiger partial charge is 0.306 e. The molecule has 3 aromatic rings. The van der Waals surface area contributed by atoms with Crippen molar-refractivity contribution in [3.05, 3.63) is 63.8 Å². The molecule has 1 aromatic carbocycles. The molecule has 1 unspecified atom stereocenters. The number of hydrogen-bond donors (Lipinski definition) is 1. The van der Waals surface area contributed by atoms with Crippen LogP contribution in [0.25, 0.3) is 0 Å². The molecule has 0 saturated heterocycles. The van der Waals surface area contributed by atoms with E-state index in [-0.39, 0.29) is 23.3 Å². The first-order valence-electron chi connectivity index (χ1n) is 7.82. The Bertz CT molecular complexity index is 932. The maximum absolute atomic E-state index is 13.9. The summed E-state index contributed by atoms with van der Waals surface area (Å²) in [4.78, 5) is 12.4. The van der Waals surface area contributed by atoms with Crippen molar-refractivity contribution in [3.63, 3.8) is 0 Å². The molecule has 0 fully saturated rings. The molecule has 1 atom stereocenters. The topological polar surface area (TPSA) is 64.7 Å². The van der Waals surface area contributed by atoms with Crippen LogP contribution in [0.2, 0.25) is 10.0 Å². The fraction of sp³-hybridized carbons (Fsp3) is 0.235. The number of nitrogens with zero attached hydrogens (tertiary/aromatic N) is 4. The molecule has 0 saturated carbocycles. The van der Waals surface area contributed by atoms with Crippen molar-refractivity contribution in [2.45, 2.75) is 26.4 Å². The standard InChI is InChI=1S/C17H16Cl2FN5O/c1-10-6-21-25(7-10)11(2)17(26)22-16-14(19)9-24(23-16)8-12-13(18)4-3-5-15(12)20/h3-7,9,11H,8H2,1-2H3,(H,22,23,26). The van der Waals surface area contributed by atoms with E-state index in [0.29, 0.717) is 10.6 Å². The minimum absolute atomic E-state index is 0.0923. The van der Waals surface area contributed by atoms with Crippen LogP contribution in [0.5, 0.6) is 0 Å². The van der Waals surface area contributed by atoms with E-state index in [4.69, 9.17) is 23.2 Å². The highest BCUT2D eigenvalue weighted by Gasteiger charge is 2.19. The van der Waals surface area contributed by atoms with Crippen LogP contribution in [0.3, 0.4) is 0 Å². The van der Waals surface area contributed by atoms with Crippen molar-refractivity contribution < 1.29 is 9.18 Å². The van der Waals surface area contributed by atoms with Crippen molar-refractivity contribution in [1.82, 2.24) is 19.6 Å². The number of nitrogens with one attached hydrogen (secondary N) is 1. The highest BCUT2D eigenvalue weighted by atomic mass is 35.5. The molecule has 1 N–H and O–H groups in total. The first-order chi connectivity index (χ1) is 12.3. The molecule has 0 radical (unpaired) electrons. The lowest BCUT2D eigenvalue weighted by molar-refractivity contribution is -0.119. The van der Waals surface area contributed by atoms with E-state index in [0.717, 1.165) is 5.56 Å². The van der Waals surface area contributed by atoms with E-state index in [9.17, 15) is 9.18 Å². The van der Waals surface area contributed by atoms with E-state index in [1.54, 1.807) is 30.1 Å². The summed E-state index contributed by atoms with van der Waals surface area (Å²) in [5, 5.41) is 11.5. The van der Waals surface area contributed by atoms with Gasteiger partial charge in [0.1, 0.15) is 16.9 Å². The zero-order valence-corrected chi connectivity index (χ0v) is 15.6. The zero-order chi connectivity index (χ0) is 18.8. The summed E-state index contributed by atoms with van der Waals surface area (Å²) < 4.78 is 16.9. The Morgan fingerprint density at radius 2 is 2.08 bits per heavy atom. The van der Waals surface area contributed by atoms with Gasteiger partial charge in [0, 0.05) is 23.0 Å². The van der Waals surface area contributed by atoms with Crippen LogP contribution in [-0.2, 0) is 11.3 Å². The molecule has 0 aliphatic rings. The van der Waals surface area contributed by atoms with Crippen LogP contribution in [0.15, 0.2) is 36.8 Å². The predicted molar refractivity (Wildman–Crippen MR) is 98.1 cm³/mol. The first kappa shape index (κ1) is 18.4. The lowest BCUT2D eigenvalue weighted by Crippen LogP contribution is -2.24. The minimum Gasteiger partial charge on any atom is -0.306 e. The Hall–Kier alpha value is -2.38. The molecule has 0 aliphatic carbocycles. The number of halogens is 3. The summed E-state index contributed by atoms with van der Waals surface area (Å²) in [6.45, 7) is 3.70. The fourth-order valence-electron chi connectivity index (χ4n) is 2.39. The molecule has 0 aliphatic heterocycles. The van der Waals surface area contributed by atoms with Crippen molar-refractivity contribution in [3.8, 4) is 0 Å². The second kappa shape index (κ2) is 7.47. The molecule has 3 rings (SSSR count). The Balaban J connectivity index is 1.75. The quantitative estimate of drug-likeness (QED) is 0.707. The van der Waals surface area contributed by atoms with Crippen LogP contribution < -0.4 is 5.32 Å². The van der Waals surface area contributed by atoms with E-state index in [1.165, 1.54) is 23.0 Å². The van der Waals surface area contributed by atoms with Crippen molar-refractivity contribution in [2.75, 3.05) is 5.32 Å². The van der Waals surface area contributed by atoms with Gasteiger partial charge in [-0.25, -0.2) is 4.39 Å². The van der Waals surface area contributed by atoms with Gasteiger partial charge in [-0.05, 0) is 31.5 Å². The number of aromatic nitrogens is 4. The van der Waals surface area contributed by atoms with E-state index < -0.39 is 11.9 Å². The third-order valence-electron chi connectivity index (χ3n) is 3.85. The summed E-state index contributed by atoms with van der Waals surface area (Å²) in [6, 6.07) is 3.91. The Morgan fingerprint density at radius 3 is 2.73 bits per heavy atom. The van der Waals surface area contributed by atoms with Crippen molar-refractivity contribution in [2.24, 2.45) is 0 Å². The van der Waals surface area contributed by atoms with Crippen molar-refractivity contribution in [1.29, 1.82) is 0 Å². The van der Waals surface area contributed by atoms with E-state index in [1.807, 2.05) is 6.92 Å². The molecule has 136 valence electrons. The lowest BCUT2D eigenvalue weighted by Gasteiger charge is -2.11. The lowest BCUT2D eigenvalue weighted by atomic mass is 10.2. The van der Waals surface area contributed by atoms with Crippen LogP contribution in [0.1, 0.15) is 24.1 Å². The van der Waals surface area contributed by atoms with Gasteiger partial charge in [-0.2, -0.15) is 10.2 Å². The fourth-order valence-corrected chi connectivity index (χ4v) is 2.81. The van der Waals surface area contributed by atoms with Gasteiger partial charge in [-0.3, -0.25) is 14.2 Å². The molecule has 1 amide bonds. The Labute approximate surface area is 159 Å². The average molecular weight is 396 g/mol. The van der Waals surface area contributed by atoms with Gasteiger partial charge in [-0.1, -0.05) is 29.3 Å². The second-order valence-electron chi connectivity index (χ2n) is 5.89. The third kappa shape index (κ3) is 3.89.